The summed E-state index contributed by atoms with van der Waals surface area (Å²) in [4.78, 5) is 37.9. The van der Waals surface area contributed by atoms with Crippen molar-refractivity contribution in [2.45, 2.75) is 69.8 Å². The summed E-state index contributed by atoms with van der Waals surface area (Å²) in [6.07, 6.45) is 0.427. The third kappa shape index (κ3) is 6.88. The lowest BCUT2D eigenvalue weighted by Gasteiger charge is -2.35. The molecule has 2 atom stereocenters. The Kier molecular flexibility index (Phi) is 8.66. The quantitative estimate of drug-likeness (QED) is 0.300. The van der Waals surface area contributed by atoms with Gasteiger partial charge in [0.15, 0.2) is 9.84 Å². The zero-order chi connectivity index (χ0) is 27.4. The number of amides is 3. The average Bonchev–Trinajstić information content (AvgIpc) is 3.30. The molecule has 202 valence electrons. The van der Waals surface area contributed by atoms with Gasteiger partial charge in [-0.1, -0.05) is 18.6 Å². The zero-order valence-corrected chi connectivity index (χ0v) is 22.9. The molecule has 0 bridgehead atoms. The Labute approximate surface area is 220 Å². The molecule has 1 aliphatic heterocycles. The number of nitrogens with one attached hydrogen (secondary N) is 3. The molecule has 37 heavy (non-hydrogen) atoms. The first-order valence-electron chi connectivity index (χ1n) is 11.9. The van der Waals surface area contributed by atoms with Crippen LogP contribution in [0, 0.1) is 0 Å². The van der Waals surface area contributed by atoms with Gasteiger partial charge in [0.25, 0.3) is 0 Å². The minimum absolute atomic E-state index is 0.0179. The number of ether oxygens (including phenoxy) is 1. The smallest absolute Gasteiger partial charge is 0.408 e. The van der Waals surface area contributed by atoms with E-state index < -0.39 is 44.1 Å². The maximum absolute atomic E-state index is 13.2. The van der Waals surface area contributed by atoms with Crippen LogP contribution < -0.4 is 16.1 Å². The minimum atomic E-state index is -3.63. The van der Waals surface area contributed by atoms with Crippen molar-refractivity contribution in [3.8, 4) is 10.4 Å². The van der Waals surface area contributed by atoms with E-state index in [1.165, 1.54) is 11.3 Å². The van der Waals surface area contributed by atoms with E-state index in [2.05, 4.69) is 10.6 Å². The molecule has 1 fully saturated rings. The van der Waals surface area contributed by atoms with E-state index in [-0.39, 0.29) is 12.2 Å². The number of anilines is 1. The molecular weight excluding hydrogens is 518 g/mol. The van der Waals surface area contributed by atoms with Crippen LogP contribution in [-0.2, 0) is 28.9 Å². The molecule has 12 heteroatoms. The molecule has 1 aliphatic rings. The molecule has 0 spiro atoms. The first-order chi connectivity index (χ1) is 17.3. The largest absolute Gasteiger partial charge is 0.444 e. The van der Waals surface area contributed by atoms with Crippen LogP contribution in [0.4, 0.5) is 10.5 Å². The molecule has 1 aromatic carbocycles. The van der Waals surface area contributed by atoms with Gasteiger partial charge in [-0.2, -0.15) is 0 Å². The summed E-state index contributed by atoms with van der Waals surface area (Å²) in [6.45, 7) is 6.73. The highest BCUT2D eigenvalue weighted by molar-refractivity contribution is 7.92. The van der Waals surface area contributed by atoms with Crippen LogP contribution >= 0.6 is 11.3 Å². The van der Waals surface area contributed by atoms with Crippen molar-refractivity contribution >= 4 is 44.8 Å². The van der Waals surface area contributed by atoms with Crippen molar-refractivity contribution in [1.29, 1.82) is 0 Å². The fraction of sp³-hybridized carbons (Fsp3) is 0.480. The fourth-order valence-corrected chi connectivity index (χ4v) is 7.98. The summed E-state index contributed by atoms with van der Waals surface area (Å²) in [6, 6.07) is 9.69. The monoisotopic (exact) mass is 551 g/mol. The van der Waals surface area contributed by atoms with Crippen LogP contribution in [0.15, 0.2) is 36.4 Å². The Bertz CT molecular complexity index is 1270. The van der Waals surface area contributed by atoms with E-state index in [1.54, 1.807) is 63.5 Å². The van der Waals surface area contributed by atoms with Crippen LogP contribution in [0.5, 0.6) is 0 Å². The Balaban J connectivity index is 1.80. The van der Waals surface area contributed by atoms with Gasteiger partial charge in [0.1, 0.15) is 16.4 Å². The van der Waals surface area contributed by atoms with E-state index in [0.717, 1.165) is 10.4 Å². The molecule has 0 radical (unpaired) electrons. The molecule has 10 nitrogen and oxygen atoms in total. The minimum Gasteiger partial charge on any atom is -0.444 e. The standard InChI is InChI=1S/C25H33N3O7S2/c1-16(26-23(31)35-24(2,3)4)22(30)27-18-9-7-8-17(14-18)19-10-11-20(36-19)25(15-21(29)28-32)12-5-6-13-37(25,33)34/h7-11,14,16,32H,5-6,12-13,15H2,1-4H3,(H,26,31)(H,27,30)(H,28,29)/t16-,25+/m1/s1. The third-order valence-electron chi connectivity index (χ3n) is 6.01. The number of hydrogen-bond donors (Lipinski definition) is 4. The van der Waals surface area contributed by atoms with E-state index >= 15 is 0 Å². The van der Waals surface area contributed by atoms with Gasteiger partial charge in [-0.15, -0.1) is 11.3 Å². The lowest BCUT2D eigenvalue weighted by molar-refractivity contribution is -0.130. The lowest BCUT2D eigenvalue weighted by atomic mass is 9.94. The lowest BCUT2D eigenvalue weighted by Crippen LogP contribution is -2.43. The number of alkyl carbamates (subject to hydrolysis) is 1. The highest BCUT2D eigenvalue weighted by Gasteiger charge is 2.49. The number of hydroxylamine groups is 1. The van der Waals surface area contributed by atoms with Gasteiger partial charge >= 0.3 is 6.09 Å². The van der Waals surface area contributed by atoms with Gasteiger partial charge in [0.05, 0.1) is 12.2 Å². The number of benzene rings is 1. The molecule has 2 aromatic rings. The first kappa shape index (κ1) is 28.6. The van der Waals surface area contributed by atoms with E-state index in [9.17, 15) is 22.8 Å². The third-order valence-corrected chi connectivity index (χ3v) is 10.1. The van der Waals surface area contributed by atoms with Gasteiger partial charge in [-0.05, 0) is 70.4 Å². The highest BCUT2D eigenvalue weighted by atomic mass is 32.2. The van der Waals surface area contributed by atoms with E-state index in [4.69, 9.17) is 9.94 Å². The number of hydrogen-bond acceptors (Lipinski definition) is 8. The van der Waals surface area contributed by atoms with Crippen molar-refractivity contribution in [1.82, 2.24) is 10.8 Å². The number of carbonyl (C=O) groups excluding carboxylic acids is 3. The molecule has 0 unspecified atom stereocenters. The van der Waals surface area contributed by atoms with Crippen LogP contribution in [-0.4, -0.2) is 48.9 Å². The second-order valence-electron chi connectivity index (χ2n) is 10.1. The SMILES string of the molecule is C[C@@H](NC(=O)OC(C)(C)C)C(=O)Nc1cccc(-c2ccc([C@@]3(CC(=O)NO)CCCCS3(=O)=O)s2)c1. The predicted octanol–water partition coefficient (Wildman–Crippen LogP) is 3.96. The van der Waals surface area contributed by atoms with Gasteiger partial charge in [0.2, 0.25) is 11.8 Å². The molecule has 0 saturated carbocycles. The van der Waals surface area contributed by atoms with Crippen molar-refractivity contribution in [2.75, 3.05) is 11.1 Å². The molecule has 2 heterocycles. The van der Waals surface area contributed by atoms with Crippen LogP contribution in [0.2, 0.25) is 0 Å². The van der Waals surface area contributed by atoms with Crippen molar-refractivity contribution in [2.24, 2.45) is 0 Å². The van der Waals surface area contributed by atoms with E-state index in [1.807, 2.05) is 6.07 Å². The molecule has 3 rings (SSSR count). The summed E-state index contributed by atoms with van der Waals surface area (Å²) in [5.41, 5.74) is 2.12. The van der Waals surface area contributed by atoms with Gasteiger partial charge in [-0.3, -0.25) is 14.8 Å². The number of thiophene rings is 1. The summed E-state index contributed by atoms with van der Waals surface area (Å²) in [5.74, 6) is -1.20. The summed E-state index contributed by atoms with van der Waals surface area (Å²) < 4.78 is 30.1. The molecule has 0 aliphatic carbocycles. The second kappa shape index (κ2) is 11.2. The van der Waals surface area contributed by atoms with Gasteiger partial charge in [0, 0.05) is 15.4 Å². The number of carbonyl (C=O) groups is 3. The molecule has 1 saturated heterocycles. The number of sulfone groups is 1. The Morgan fingerprint density at radius 3 is 2.54 bits per heavy atom. The summed E-state index contributed by atoms with van der Waals surface area (Å²) in [7, 11) is -3.63. The maximum Gasteiger partial charge on any atom is 0.408 e. The highest BCUT2D eigenvalue weighted by Crippen LogP contribution is 2.47. The summed E-state index contributed by atoms with van der Waals surface area (Å²) >= 11 is 1.27. The number of rotatable bonds is 7. The average molecular weight is 552 g/mol. The topological polar surface area (TPSA) is 151 Å². The van der Waals surface area contributed by atoms with Crippen molar-refractivity contribution < 1.29 is 32.7 Å². The van der Waals surface area contributed by atoms with Crippen LogP contribution in [0.1, 0.15) is 58.3 Å². The Morgan fingerprint density at radius 1 is 1.16 bits per heavy atom. The normalized spacial score (nSPS) is 19.9. The molecule has 1 aromatic heterocycles. The first-order valence-corrected chi connectivity index (χ1v) is 14.4. The van der Waals surface area contributed by atoms with E-state index in [0.29, 0.717) is 29.8 Å². The van der Waals surface area contributed by atoms with Crippen LogP contribution in [0.3, 0.4) is 0 Å². The van der Waals surface area contributed by atoms with Crippen molar-refractivity contribution in [3.05, 3.63) is 41.3 Å². The zero-order valence-electron chi connectivity index (χ0n) is 21.3. The summed E-state index contributed by atoms with van der Waals surface area (Å²) in [5, 5.41) is 14.3. The Hall–Kier alpha value is -2.96. The van der Waals surface area contributed by atoms with Crippen LogP contribution in [0.25, 0.3) is 10.4 Å². The van der Waals surface area contributed by atoms with Crippen molar-refractivity contribution in [3.63, 3.8) is 0 Å². The fourth-order valence-electron chi connectivity index (χ4n) is 4.20. The Morgan fingerprint density at radius 2 is 1.89 bits per heavy atom. The van der Waals surface area contributed by atoms with Gasteiger partial charge < -0.3 is 15.4 Å². The molecule has 3 amide bonds. The maximum atomic E-state index is 13.2. The second-order valence-corrected chi connectivity index (χ2v) is 13.6. The molecule has 4 N–H and O–H groups in total. The van der Waals surface area contributed by atoms with Gasteiger partial charge in [-0.25, -0.2) is 18.7 Å². The molecular formula is C25H33N3O7S2. The predicted molar refractivity (Wildman–Crippen MR) is 141 cm³/mol.